The molecule has 0 aromatic heterocycles. The molecule has 1 heterocycles. The third-order valence-corrected chi connectivity index (χ3v) is 1.75. The van der Waals surface area contributed by atoms with Crippen molar-refractivity contribution >= 4 is 11.9 Å². The van der Waals surface area contributed by atoms with Crippen LogP contribution in [0.2, 0.25) is 0 Å². The average Bonchev–Trinajstić information content (AvgIpc) is 2.24. The summed E-state index contributed by atoms with van der Waals surface area (Å²) in [7, 11) is 0. The highest BCUT2D eigenvalue weighted by atomic mass is 16.6. The summed E-state index contributed by atoms with van der Waals surface area (Å²) in [5.41, 5.74) is 0. The van der Waals surface area contributed by atoms with Crippen molar-refractivity contribution in [2.24, 2.45) is 0 Å². The Bertz CT molecular complexity index is 222. The quantitative estimate of drug-likeness (QED) is 0.547. The zero-order valence-corrected chi connectivity index (χ0v) is 8.44. The van der Waals surface area contributed by atoms with Gasteiger partial charge in [0.05, 0.1) is 13.2 Å². The van der Waals surface area contributed by atoms with E-state index in [0.29, 0.717) is 19.8 Å². The first-order chi connectivity index (χ1) is 7.29. The third kappa shape index (κ3) is 5.85. The number of carbonyl (C=O) groups is 2. The van der Waals surface area contributed by atoms with Crippen molar-refractivity contribution in [2.75, 3.05) is 26.4 Å². The molecule has 0 N–H and O–H groups in total. The molecule has 84 valence electrons. The van der Waals surface area contributed by atoms with Crippen LogP contribution in [0.4, 0.5) is 0 Å². The maximum atomic E-state index is 11.0. The van der Waals surface area contributed by atoms with Crippen LogP contribution in [0, 0.1) is 0 Å². The largest absolute Gasteiger partial charge is 0.463 e. The minimum atomic E-state index is -0.560. The van der Waals surface area contributed by atoms with Crippen LogP contribution in [0.3, 0.4) is 0 Å². The predicted octanol–water partition coefficient (Wildman–Crippen LogP) is 0.439. The standard InChI is InChI=1S/C10H14O5/c11-9-3-4-10(12)15-8-7-13-5-1-2-6-14-9/h3-4H,1-2,5-8H2/b4-3-. The molecular weight excluding hydrogens is 200 g/mol. The van der Waals surface area contributed by atoms with Crippen molar-refractivity contribution in [2.45, 2.75) is 12.8 Å². The molecule has 15 heavy (non-hydrogen) atoms. The Morgan fingerprint density at radius 1 is 0.800 bits per heavy atom. The average molecular weight is 214 g/mol. The van der Waals surface area contributed by atoms with Gasteiger partial charge in [0, 0.05) is 18.8 Å². The summed E-state index contributed by atoms with van der Waals surface area (Å²) in [5, 5.41) is 0. The number of rotatable bonds is 0. The van der Waals surface area contributed by atoms with Gasteiger partial charge in [-0.25, -0.2) is 9.59 Å². The lowest BCUT2D eigenvalue weighted by Gasteiger charge is -2.03. The Balaban J connectivity index is 2.39. The second-order valence-electron chi connectivity index (χ2n) is 2.99. The Kier molecular flexibility index (Phi) is 5.47. The van der Waals surface area contributed by atoms with E-state index in [-0.39, 0.29) is 6.61 Å². The lowest BCUT2D eigenvalue weighted by molar-refractivity contribution is -0.141. The highest BCUT2D eigenvalue weighted by Gasteiger charge is 2.02. The second kappa shape index (κ2) is 7.00. The Morgan fingerprint density at radius 2 is 1.40 bits per heavy atom. The van der Waals surface area contributed by atoms with Crippen LogP contribution < -0.4 is 0 Å². The molecule has 5 nitrogen and oxygen atoms in total. The molecule has 0 spiro atoms. The van der Waals surface area contributed by atoms with Gasteiger partial charge in [-0.15, -0.1) is 0 Å². The summed E-state index contributed by atoms with van der Waals surface area (Å²) in [6, 6.07) is 0. The summed E-state index contributed by atoms with van der Waals surface area (Å²) < 4.78 is 14.7. The van der Waals surface area contributed by atoms with Gasteiger partial charge >= 0.3 is 11.9 Å². The Hall–Kier alpha value is -1.36. The van der Waals surface area contributed by atoms with E-state index in [1.165, 1.54) is 0 Å². The number of esters is 2. The van der Waals surface area contributed by atoms with Crippen LogP contribution in [0.25, 0.3) is 0 Å². The number of ether oxygens (including phenoxy) is 3. The maximum absolute atomic E-state index is 11.0. The topological polar surface area (TPSA) is 61.8 Å². The van der Waals surface area contributed by atoms with Gasteiger partial charge in [-0.1, -0.05) is 0 Å². The fourth-order valence-electron chi connectivity index (χ4n) is 1.01. The molecule has 0 aromatic rings. The lowest BCUT2D eigenvalue weighted by atomic mass is 10.3. The lowest BCUT2D eigenvalue weighted by Crippen LogP contribution is -2.09. The van der Waals surface area contributed by atoms with Crippen molar-refractivity contribution in [3.05, 3.63) is 12.2 Å². The molecule has 0 amide bonds. The first-order valence-electron chi connectivity index (χ1n) is 4.88. The summed E-state index contributed by atoms with van der Waals surface area (Å²) >= 11 is 0. The van der Waals surface area contributed by atoms with Gasteiger partial charge in [0.1, 0.15) is 6.61 Å². The summed E-state index contributed by atoms with van der Waals surface area (Å²) in [6.45, 7) is 1.52. The van der Waals surface area contributed by atoms with Gasteiger partial charge in [0.25, 0.3) is 0 Å². The zero-order valence-electron chi connectivity index (χ0n) is 8.44. The van der Waals surface area contributed by atoms with Crippen LogP contribution in [0.5, 0.6) is 0 Å². The van der Waals surface area contributed by atoms with Crippen molar-refractivity contribution in [1.82, 2.24) is 0 Å². The maximum Gasteiger partial charge on any atom is 0.331 e. The smallest absolute Gasteiger partial charge is 0.331 e. The van der Waals surface area contributed by atoms with Gasteiger partial charge < -0.3 is 14.2 Å². The van der Waals surface area contributed by atoms with Crippen molar-refractivity contribution in [3.63, 3.8) is 0 Å². The Morgan fingerprint density at radius 3 is 2.13 bits per heavy atom. The fraction of sp³-hybridized carbons (Fsp3) is 0.600. The molecule has 0 saturated heterocycles. The molecule has 0 unspecified atom stereocenters. The second-order valence-corrected chi connectivity index (χ2v) is 2.99. The van der Waals surface area contributed by atoms with Crippen LogP contribution in [0.15, 0.2) is 12.2 Å². The molecule has 0 aliphatic carbocycles. The van der Waals surface area contributed by atoms with Crippen LogP contribution >= 0.6 is 0 Å². The first kappa shape index (κ1) is 11.7. The molecule has 1 aliphatic heterocycles. The van der Waals surface area contributed by atoms with E-state index in [0.717, 1.165) is 25.0 Å². The van der Waals surface area contributed by atoms with E-state index < -0.39 is 11.9 Å². The van der Waals surface area contributed by atoms with Crippen LogP contribution in [-0.4, -0.2) is 38.4 Å². The highest BCUT2D eigenvalue weighted by molar-refractivity contribution is 5.91. The predicted molar refractivity (Wildman–Crippen MR) is 51.1 cm³/mol. The zero-order chi connectivity index (χ0) is 10.9. The van der Waals surface area contributed by atoms with E-state index >= 15 is 0 Å². The third-order valence-electron chi connectivity index (χ3n) is 1.75. The summed E-state index contributed by atoms with van der Waals surface area (Å²) in [4.78, 5) is 21.9. The van der Waals surface area contributed by atoms with Gasteiger partial charge in [-0.2, -0.15) is 0 Å². The monoisotopic (exact) mass is 214 g/mol. The molecule has 0 bridgehead atoms. The van der Waals surface area contributed by atoms with Gasteiger partial charge in [0.15, 0.2) is 0 Å². The van der Waals surface area contributed by atoms with Crippen molar-refractivity contribution in [3.8, 4) is 0 Å². The number of cyclic esters (lactones) is 2. The van der Waals surface area contributed by atoms with E-state index in [4.69, 9.17) is 14.2 Å². The van der Waals surface area contributed by atoms with Crippen LogP contribution in [0.1, 0.15) is 12.8 Å². The molecule has 5 heteroatoms. The van der Waals surface area contributed by atoms with Crippen LogP contribution in [-0.2, 0) is 23.8 Å². The first-order valence-corrected chi connectivity index (χ1v) is 4.88. The number of hydrogen-bond donors (Lipinski definition) is 0. The molecule has 0 atom stereocenters. The molecule has 0 fully saturated rings. The summed E-state index contributed by atoms with van der Waals surface area (Å²) in [5.74, 6) is -1.08. The molecule has 0 radical (unpaired) electrons. The minimum Gasteiger partial charge on any atom is -0.463 e. The summed E-state index contributed by atoms with van der Waals surface area (Å²) in [6.07, 6.45) is 3.71. The van der Waals surface area contributed by atoms with E-state index in [1.807, 2.05) is 0 Å². The van der Waals surface area contributed by atoms with Gasteiger partial charge in [0.2, 0.25) is 0 Å². The molecule has 0 saturated carbocycles. The van der Waals surface area contributed by atoms with E-state index in [1.54, 1.807) is 0 Å². The van der Waals surface area contributed by atoms with Crippen molar-refractivity contribution in [1.29, 1.82) is 0 Å². The number of hydrogen-bond acceptors (Lipinski definition) is 5. The van der Waals surface area contributed by atoms with E-state index in [2.05, 4.69) is 0 Å². The fourth-order valence-corrected chi connectivity index (χ4v) is 1.01. The number of carbonyl (C=O) groups excluding carboxylic acids is 2. The molecule has 1 rings (SSSR count). The minimum absolute atomic E-state index is 0.207. The molecule has 1 aliphatic rings. The SMILES string of the molecule is O=C1/C=C\C(=O)OCCOCCCCO1. The normalized spacial score (nSPS) is 22.7. The van der Waals surface area contributed by atoms with E-state index in [9.17, 15) is 9.59 Å². The van der Waals surface area contributed by atoms with Gasteiger partial charge in [-0.3, -0.25) is 0 Å². The van der Waals surface area contributed by atoms with Gasteiger partial charge in [-0.05, 0) is 12.8 Å². The molecular formula is C10H14O5. The molecule has 0 aromatic carbocycles. The van der Waals surface area contributed by atoms with Crippen molar-refractivity contribution < 1.29 is 23.8 Å². The Labute approximate surface area is 88.0 Å². The highest BCUT2D eigenvalue weighted by Crippen LogP contribution is 1.95.